The van der Waals surface area contributed by atoms with Crippen molar-refractivity contribution in [3.8, 4) is 0 Å². The molecule has 0 radical (unpaired) electrons. The SMILES string of the molecule is CN(C(=O)Nc1ccc(F)cc1)c1cc2oc(=O)c(C(=O)O)cc2s1. The van der Waals surface area contributed by atoms with Gasteiger partial charge in [-0.05, 0) is 30.3 Å². The van der Waals surface area contributed by atoms with Crippen molar-refractivity contribution in [3.63, 3.8) is 0 Å². The van der Waals surface area contributed by atoms with E-state index >= 15 is 0 Å². The van der Waals surface area contributed by atoms with Crippen LogP contribution in [0, 0.1) is 5.82 Å². The predicted octanol–water partition coefficient (Wildman–Crippen LogP) is 3.36. The fourth-order valence-electron chi connectivity index (χ4n) is 2.06. The van der Waals surface area contributed by atoms with E-state index in [-0.39, 0.29) is 5.58 Å². The van der Waals surface area contributed by atoms with Gasteiger partial charge in [0.25, 0.3) is 0 Å². The molecular formula is C16H11FN2O5S. The number of aromatic carboxylic acids is 1. The van der Waals surface area contributed by atoms with E-state index in [1.165, 1.54) is 48.3 Å². The fourth-order valence-corrected chi connectivity index (χ4v) is 3.04. The van der Waals surface area contributed by atoms with Crippen molar-refractivity contribution in [2.75, 3.05) is 17.3 Å². The van der Waals surface area contributed by atoms with Crippen molar-refractivity contribution in [1.82, 2.24) is 0 Å². The molecule has 0 atom stereocenters. The van der Waals surface area contributed by atoms with Gasteiger partial charge in [0.15, 0.2) is 5.58 Å². The minimum absolute atomic E-state index is 0.191. The molecule has 3 rings (SSSR count). The number of hydrogen-bond donors (Lipinski definition) is 2. The number of hydrogen-bond acceptors (Lipinski definition) is 5. The highest BCUT2D eigenvalue weighted by molar-refractivity contribution is 7.22. The first-order valence-electron chi connectivity index (χ1n) is 6.96. The van der Waals surface area contributed by atoms with E-state index in [1.54, 1.807) is 0 Å². The number of benzene rings is 1. The molecule has 2 amide bonds. The predicted molar refractivity (Wildman–Crippen MR) is 91.1 cm³/mol. The number of carboxylic acids is 1. The van der Waals surface area contributed by atoms with Gasteiger partial charge in [-0.15, -0.1) is 11.3 Å². The first-order valence-corrected chi connectivity index (χ1v) is 7.78. The molecule has 0 aliphatic heterocycles. The topological polar surface area (TPSA) is 99.9 Å². The summed E-state index contributed by atoms with van der Waals surface area (Å²) in [4.78, 5) is 36.1. The number of thiophene rings is 1. The van der Waals surface area contributed by atoms with E-state index in [2.05, 4.69) is 5.32 Å². The van der Waals surface area contributed by atoms with E-state index in [4.69, 9.17) is 9.52 Å². The molecule has 9 heteroatoms. The van der Waals surface area contributed by atoms with Crippen molar-refractivity contribution in [2.24, 2.45) is 0 Å². The molecule has 0 bridgehead atoms. The minimum Gasteiger partial charge on any atom is -0.477 e. The van der Waals surface area contributed by atoms with Gasteiger partial charge in [0.1, 0.15) is 16.4 Å². The minimum atomic E-state index is -1.38. The Morgan fingerprint density at radius 2 is 1.92 bits per heavy atom. The number of rotatable bonds is 3. The Morgan fingerprint density at radius 3 is 2.56 bits per heavy atom. The first kappa shape index (κ1) is 16.7. The van der Waals surface area contributed by atoms with E-state index in [0.717, 1.165) is 11.3 Å². The maximum atomic E-state index is 12.9. The highest BCUT2D eigenvalue weighted by atomic mass is 32.1. The Kier molecular flexibility index (Phi) is 4.24. The molecule has 0 unspecified atom stereocenters. The Hall–Kier alpha value is -3.20. The van der Waals surface area contributed by atoms with E-state index in [1.807, 2.05) is 0 Å². The molecule has 0 spiro atoms. The number of nitrogens with zero attached hydrogens (tertiary/aromatic N) is 1. The van der Waals surface area contributed by atoms with Crippen LogP contribution in [-0.2, 0) is 0 Å². The van der Waals surface area contributed by atoms with Gasteiger partial charge in [-0.2, -0.15) is 0 Å². The summed E-state index contributed by atoms with van der Waals surface area (Å²) in [5.41, 5.74) is -0.822. The lowest BCUT2D eigenvalue weighted by Crippen LogP contribution is -2.30. The molecule has 1 aromatic carbocycles. The summed E-state index contributed by atoms with van der Waals surface area (Å²) in [6.45, 7) is 0. The van der Waals surface area contributed by atoms with Crippen molar-refractivity contribution in [3.05, 3.63) is 58.2 Å². The van der Waals surface area contributed by atoms with Crippen LogP contribution in [0.5, 0.6) is 0 Å². The molecule has 0 aliphatic rings. The number of halogens is 1. The van der Waals surface area contributed by atoms with E-state index in [0.29, 0.717) is 15.4 Å². The zero-order chi connectivity index (χ0) is 18.1. The normalized spacial score (nSPS) is 10.6. The third-order valence-electron chi connectivity index (χ3n) is 3.37. The monoisotopic (exact) mass is 362 g/mol. The van der Waals surface area contributed by atoms with Gasteiger partial charge in [0, 0.05) is 18.8 Å². The number of nitrogens with one attached hydrogen (secondary N) is 1. The number of anilines is 2. The quantitative estimate of drug-likeness (QED) is 0.744. The van der Waals surface area contributed by atoms with Gasteiger partial charge >= 0.3 is 17.6 Å². The summed E-state index contributed by atoms with van der Waals surface area (Å²) in [6.07, 6.45) is 0. The standard InChI is InChI=1S/C16H11FN2O5S/c1-19(16(23)18-9-4-2-8(17)3-5-9)13-7-11-12(25-13)6-10(14(20)21)15(22)24-11/h2-7H,1H3,(H,18,23)(H,20,21). The number of amides is 2. The molecule has 3 aromatic rings. The molecular weight excluding hydrogens is 351 g/mol. The number of carbonyl (C=O) groups is 2. The van der Waals surface area contributed by atoms with Crippen LogP contribution in [0.15, 0.2) is 45.6 Å². The third kappa shape index (κ3) is 3.36. The Bertz CT molecular complexity index is 1030. The molecule has 25 heavy (non-hydrogen) atoms. The largest absolute Gasteiger partial charge is 0.477 e. The highest BCUT2D eigenvalue weighted by Crippen LogP contribution is 2.32. The van der Waals surface area contributed by atoms with Gasteiger partial charge in [-0.1, -0.05) is 0 Å². The second-order valence-electron chi connectivity index (χ2n) is 5.06. The van der Waals surface area contributed by atoms with Gasteiger partial charge in [0.05, 0.1) is 4.70 Å². The lowest BCUT2D eigenvalue weighted by atomic mass is 10.3. The van der Waals surface area contributed by atoms with E-state index in [9.17, 15) is 18.8 Å². The van der Waals surface area contributed by atoms with Crippen LogP contribution in [0.1, 0.15) is 10.4 Å². The molecule has 0 aliphatic carbocycles. The zero-order valence-corrected chi connectivity index (χ0v) is 13.6. The lowest BCUT2D eigenvalue weighted by Gasteiger charge is -2.15. The molecule has 2 heterocycles. The average Bonchev–Trinajstić information content (AvgIpc) is 2.97. The highest BCUT2D eigenvalue weighted by Gasteiger charge is 2.18. The molecule has 2 aromatic heterocycles. The lowest BCUT2D eigenvalue weighted by molar-refractivity contribution is 0.0692. The van der Waals surface area contributed by atoms with Gasteiger partial charge in [0.2, 0.25) is 0 Å². The van der Waals surface area contributed by atoms with Crippen LogP contribution < -0.4 is 15.8 Å². The molecule has 0 saturated carbocycles. The Labute approximate surface area is 143 Å². The van der Waals surface area contributed by atoms with Gasteiger partial charge < -0.3 is 14.8 Å². The molecule has 2 N–H and O–H groups in total. The van der Waals surface area contributed by atoms with Crippen molar-refractivity contribution in [2.45, 2.75) is 0 Å². The van der Waals surface area contributed by atoms with Gasteiger partial charge in [-0.3, -0.25) is 4.90 Å². The summed E-state index contributed by atoms with van der Waals surface area (Å²) < 4.78 is 18.3. The third-order valence-corrected chi connectivity index (χ3v) is 4.51. The van der Waals surface area contributed by atoms with Crippen molar-refractivity contribution in [1.29, 1.82) is 0 Å². The summed E-state index contributed by atoms with van der Waals surface area (Å²) in [5, 5.41) is 12.0. The second kappa shape index (κ2) is 6.36. The molecule has 0 saturated heterocycles. The molecule has 128 valence electrons. The maximum Gasteiger partial charge on any atom is 0.351 e. The molecule has 0 fully saturated rings. The zero-order valence-electron chi connectivity index (χ0n) is 12.8. The Balaban J connectivity index is 1.87. The van der Waals surface area contributed by atoms with Crippen LogP contribution in [0.25, 0.3) is 10.3 Å². The number of fused-ring (bicyclic) bond motifs is 1. The summed E-state index contributed by atoms with van der Waals surface area (Å²) in [7, 11) is 1.50. The molecule has 7 nitrogen and oxygen atoms in total. The van der Waals surface area contributed by atoms with Gasteiger partial charge in [-0.25, -0.2) is 18.8 Å². The van der Waals surface area contributed by atoms with Crippen molar-refractivity contribution < 1.29 is 23.5 Å². The summed E-state index contributed by atoms with van der Waals surface area (Å²) in [5.74, 6) is -1.80. The van der Waals surface area contributed by atoms with Crippen LogP contribution in [0.2, 0.25) is 0 Å². The Morgan fingerprint density at radius 1 is 1.24 bits per heavy atom. The van der Waals surface area contributed by atoms with Crippen LogP contribution in [0.4, 0.5) is 19.9 Å². The van der Waals surface area contributed by atoms with E-state index < -0.39 is 29.0 Å². The number of carbonyl (C=O) groups excluding carboxylic acids is 1. The van der Waals surface area contributed by atoms with Crippen LogP contribution in [-0.4, -0.2) is 24.2 Å². The number of carboxylic acid groups (broad SMARTS) is 1. The maximum absolute atomic E-state index is 12.9. The fraction of sp³-hybridized carbons (Fsp3) is 0.0625. The summed E-state index contributed by atoms with van der Waals surface area (Å²) in [6, 6.07) is 7.47. The second-order valence-corrected chi connectivity index (χ2v) is 6.12. The number of urea groups is 1. The van der Waals surface area contributed by atoms with Crippen molar-refractivity contribution >= 4 is 44.3 Å². The van der Waals surface area contributed by atoms with Crippen LogP contribution >= 0.6 is 11.3 Å². The smallest absolute Gasteiger partial charge is 0.351 e. The first-order chi connectivity index (χ1) is 11.8. The van der Waals surface area contributed by atoms with Crippen LogP contribution in [0.3, 0.4) is 0 Å². The average molecular weight is 362 g/mol. The summed E-state index contributed by atoms with van der Waals surface area (Å²) >= 11 is 1.10.